The van der Waals surface area contributed by atoms with Gasteiger partial charge in [0.2, 0.25) is 0 Å². The lowest BCUT2D eigenvalue weighted by Gasteiger charge is -2.06. The number of rotatable bonds is 5. The Labute approximate surface area is 129 Å². The third-order valence-corrected chi connectivity index (χ3v) is 3.50. The first-order chi connectivity index (χ1) is 10.8. The predicted molar refractivity (Wildman–Crippen MR) is 86.6 cm³/mol. The van der Waals surface area contributed by atoms with Crippen molar-refractivity contribution in [3.05, 3.63) is 72.1 Å². The Balaban J connectivity index is 1.54. The average Bonchev–Trinajstić information content (AvgIpc) is 2.59. The summed E-state index contributed by atoms with van der Waals surface area (Å²) < 4.78 is 0. The molecule has 0 spiro atoms. The molecule has 22 heavy (non-hydrogen) atoms. The molecule has 0 atom stereocenters. The lowest BCUT2D eigenvalue weighted by molar-refractivity contribution is 0.0953. The van der Waals surface area contributed by atoms with Crippen LogP contribution in [-0.4, -0.2) is 22.4 Å². The third kappa shape index (κ3) is 3.47. The van der Waals surface area contributed by atoms with Gasteiger partial charge in [-0.05, 0) is 36.6 Å². The van der Waals surface area contributed by atoms with Crippen LogP contribution < -0.4 is 5.32 Å². The van der Waals surface area contributed by atoms with Gasteiger partial charge in [0.25, 0.3) is 5.91 Å². The highest BCUT2D eigenvalue weighted by atomic mass is 16.1. The molecule has 0 radical (unpaired) electrons. The van der Waals surface area contributed by atoms with Gasteiger partial charge in [0.05, 0.1) is 11.0 Å². The fourth-order valence-corrected chi connectivity index (χ4v) is 2.35. The van der Waals surface area contributed by atoms with E-state index in [2.05, 4.69) is 27.4 Å². The number of aryl methyl sites for hydroxylation is 1. The van der Waals surface area contributed by atoms with E-state index in [-0.39, 0.29) is 5.91 Å². The molecule has 110 valence electrons. The van der Waals surface area contributed by atoms with E-state index in [1.165, 1.54) is 5.56 Å². The van der Waals surface area contributed by atoms with Crippen LogP contribution in [0.4, 0.5) is 0 Å². The van der Waals surface area contributed by atoms with Gasteiger partial charge in [-0.1, -0.05) is 30.3 Å². The Morgan fingerprint density at radius 1 is 0.955 bits per heavy atom. The van der Waals surface area contributed by atoms with E-state index in [1.54, 1.807) is 24.5 Å². The van der Waals surface area contributed by atoms with Crippen LogP contribution in [0.5, 0.6) is 0 Å². The van der Waals surface area contributed by atoms with Crippen molar-refractivity contribution >= 4 is 16.9 Å². The summed E-state index contributed by atoms with van der Waals surface area (Å²) in [7, 11) is 0. The van der Waals surface area contributed by atoms with Gasteiger partial charge < -0.3 is 5.32 Å². The second-order valence-corrected chi connectivity index (χ2v) is 5.10. The van der Waals surface area contributed by atoms with Gasteiger partial charge in [-0.2, -0.15) is 0 Å². The number of carbonyl (C=O) groups excluding carboxylic acids is 1. The summed E-state index contributed by atoms with van der Waals surface area (Å²) >= 11 is 0. The molecule has 0 aliphatic rings. The van der Waals surface area contributed by atoms with Gasteiger partial charge in [-0.25, -0.2) is 0 Å². The molecular formula is C18H17N3O. The van der Waals surface area contributed by atoms with E-state index in [1.807, 2.05) is 24.3 Å². The van der Waals surface area contributed by atoms with E-state index >= 15 is 0 Å². The summed E-state index contributed by atoms with van der Waals surface area (Å²) in [6.45, 7) is 0.659. The standard InChI is InChI=1S/C18H17N3O/c22-18(21-10-4-7-14-5-2-1-3-6-14)15-8-9-16-17(13-15)20-12-11-19-16/h1-3,5-6,8-9,11-13H,4,7,10H2,(H,21,22). The Hall–Kier alpha value is -2.75. The third-order valence-electron chi connectivity index (χ3n) is 3.50. The number of hydrogen-bond donors (Lipinski definition) is 1. The molecule has 0 bridgehead atoms. The van der Waals surface area contributed by atoms with Gasteiger partial charge >= 0.3 is 0 Å². The smallest absolute Gasteiger partial charge is 0.251 e. The number of hydrogen-bond acceptors (Lipinski definition) is 3. The average molecular weight is 291 g/mol. The Morgan fingerprint density at radius 3 is 2.55 bits per heavy atom. The highest BCUT2D eigenvalue weighted by Gasteiger charge is 2.06. The van der Waals surface area contributed by atoms with Crippen LogP contribution >= 0.6 is 0 Å². The summed E-state index contributed by atoms with van der Waals surface area (Å²) in [5, 5.41) is 2.95. The lowest BCUT2D eigenvalue weighted by Crippen LogP contribution is -2.24. The molecule has 4 heteroatoms. The molecule has 0 saturated carbocycles. The molecule has 3 aromatic rings. The second-order valence-electron chi connectivity index (χ2n) is 5.10. The zero-order valence-corrected chi connectivity index (χ0v) is 12.2. The van der Waals surface area contributed by atoms with E-state index < -0.39 is 0 Å². The van der Waals surface area contributed by atoms with Crippen molar-refractivity contribution in [1.82, 2.24) is 15.3 Å². The van der Waals surface area contributed by atoms with Crippen LogP contribution in [0.1, 0.15) is 22.3 Å². The minimum Gasteiger partial charge on any atom is -0.352 e. The molecule has 0 unspecified atom stereocenters. The van der Waals surface area contributed by atoms with Crippen molar-refractivity contribution in [2.75, 3.05) is 6.54 Å². The summed E-state index contributed by atoms with van der Waals surface area (Å²) in [6.07, 6.45) is 5.16. The van der Waals surface area contributed by atoms with Crippen molar-refractivity contribution in [2.24, 2.45) is 0 Å². The quantitative estimate of drug-likeness (QED) is 0.735. The first kappa shape index (κ1) is 14.2. The maximum atomic E-state index is 12.1. The maximum absolute atomic E-state index is 12.1. The molecule has 1 aromatic heterocycles. The molecular weight excluding hydrogens is 274 g/mol. The van der Waals surface area contributed by atoms with Gasteiger partial charge in [0, 0.05) is 24.5 Å². The molecule has 0 aliphatic heterocycles. The number of nitrogens with one attached hydrogen (secondary N) is 1. The molecule has 1 N–H and O–H groups in total. The normalized spacial score (nSPS) is 10.5. The molecule has 0 fully saturated rings. The molecule has 1 heterocycles. The molecule has 0 saturated heterocycles. The van der Waals surface area contributed by atoms with Crippen molar-refractivity contribution in [3.63, 3.8) is 0 Å². The zero-order valence-electron chi connectivity index (χ0n) is 12.2. The van der Waals surface area contributed by atoms with E-state index in [4.69, 9.17) is 0 Å². The summed E-state index contributed by atoms with van der Waals surface area (Å²) in [5.41, 5.74) is 3.44. The highest BCUT2D eigenvalue weighted by Crippen LogP contribution is 2.10. The highest BCUT2D eigenvalue weighted by molar-refractivity contribution is 5.97. The van der Waals surface area contributed by atoms with Crippen LogP contribution in [0, 0.1) is 0 Å². The van der Waals surface area contributed by atoms with Crippen LogP contribution in [0.15, 0.2) is 60.9 Å². The lowest BCUT2D eigenvalue weighted by atomic mass is 10.1. The van der Waals surface area contributed by atoms with Crippen LogP contribution in [0.3, 0.4) is 0 Å². The molecule has 2 aromatic carbocycles. The fraction of sp³-hybridized carbons (Fsp3) is 0.167. The summed E-state index contributed by atoms with van der Waals surface area (Å²) in [5.74, 6) is -0.0689. The number of carbonyl (C=O) groups is 1. The number of benzene rings is 2. The van der Waals surface area contributed by atoms with Crippen molar-refractivity contribution in [3.8, 4) is 0 Å². The Kier molecular flexibility index (Phi) is 4.39. The van der Waals surface area contributed by atoms with Crippen molar-refractivity contribution in [2.45, 2.75) is 12.8 Å². The van der Waals surface area contributed by atoms with E-state index in [0.29, 0.717) is 12.1 Å². The number of amides is 1. The van der Waals surface area contributed by atoms with Gasteiger partial charge in [-0.15, -0.1) is 0 Å². The number of nitrogens with zero attached hydrogens (tertiary/aromatic N) is 2. The fourth-order valence-electron chi connectivity index (χ4n) is 2.35. The molecule has 0 aliphatic carbocycles. The minimum atomic E-state index is -0.0689. The topological polar surface area (TPSA) is 54.9 Å². The predicted octanol–water partition coefficient (Wildman–Crippen LogP) is 2.99. The maximum Gasteiger partial charge on any atom is 0.251 e. The van der Waals surface area contributed by atoms with Crippen molar-refractivity contribution in [1.29, 1.82) is 0 Å². The SMILES string of the molecule is O=C(NCCCc1ccccc1)c1ccc2nccnc2c1. The van der Waals surface area contributed by atoms with Gasteiger partial charge in [-0.3, -0.25) is 14.8 Å². The van der Waals surface area contributed by atoms with Crippen LogP contribution in [0.25, 0.3) is 11.0 Å². The summed E-state index contributed by atoms with van der Waals surface area (Å²) in [6, 6.07) is 15.6. The monoisotopic (exact) mass is 291 g/mol. The van der Waals surface area contributed by atoms with Gasteiger partial charge in [0.15, 0.2) is 0 Å². The molecule has 3 rings (SSSR count). The Bertz CT molecular complexity index is 771. The molecule has 4 nitrogen and oxygen atoms in total. The number of fused-ring (bicyclic) bond motifs is 1. The van der Waals surface area contributed by atoms with Crippen LogP contribution in [0.2, 0.25) is 0 Å². The minimum absolute atomic E-state index is 0.0689. The van der Waals surface area contributed by atoms with E-state index in [9.17, 15) is 4.79 Å². The van der Waals surface area contributed by atoms with Gasteiger partial charge in [0.1, 0.15) is 0 Å². The first-order valence-corrected chi connectivity index (χ1v) is 7.36. The number of aromatic nitrogens is 2. The van der Waals surface area contributed by atoms with E-state index in [0.717, 1.165) is 23.9 Å². The first-order valence-electron chi connectivity index (χ1n) is 7.36. The van der Waals surface area contributed by atoms with Crippen molar-refractivity contribution < 1.29 is 4.79 Å². The second kappa shape index (κ2) is 6.80. The Morgan fingerprint density at radius 2 is 1.73 bits per heavy atom. The zero-order chi connectivity index (χ0) is 15.2. The summed E-state index contributed by atoms with van der Waals surface area (Å²) in [4.78, 5) is 20.6. The largest absolute Gasteiger partial charge is 0.352 e. The van der Waals surface area contributed by atoms with Crippen LogP contribution in [-0.2, 0) is 6.42 Å². The molecule has 1 amide bonds.